The van der Waals surface area contributed by atoms with Crippen LogP contribution in [0.15, 0.2) is 54.6 Å². The molecule has 1 N–H and O–H groups in total. The molecule has 0 unspecified atom stereocenters. The van der Waals surface area contributed by atoms with E-state index < -0.39 is 5.92 Å². The smallest absolute Gasteiger partial charge is 0.208 e. The molecule has 1 saturated heterocycles. The number of nitrogens with zero attached hydrogens (tertiary/aromatic N) is 2. The average molecular weight is 338 g/mol. The number of hydrogen-bond donors (Lipinski definition) is 1. The molecule has 128 valence electrons. The van der Waals surface area contributed by atoms with Crippen molar-refractivity contribution in [2.24, 2.45) is 0 Å². The minimum atomic E-state index is -0.710. The molecule has 1 fully saturated rings. The molecular weight excluding hydrogens is 317 g/mol. The van der Waals surface area contributed by atoms with Gasteiger partial charge in [0, 0.05) is 0 Å². The topological polar surface area (TPSA) is 48.5 Å². The number of halogens is 1. The predicted octanol–water partition coefficient (Wildman–Crippen LogP) is 1.41. The quantitative estimate of drug-likeness (QED) is 0.897. The summed E-state index contributed by atoms with van der Waals surface area (Å²) in [5.74, 6) is -0.975. The molecule has 5 heteroatoms. The molecule has 3 rings (SSSR count). The van der Waals surface area contributed by atoms with Gasteiger partial charge in [-0.2, -0.15) is 5.26 Å². The summed E-state index contributed by atoms with van der Waals surface area (Å²) in [6.45, 7) is 3.25. The Bertz CT molecular complexity index is 764. The van der Waals surface area contributed by atoms with E-state index in [9.17, 15) is 14.4 Å². The fourth-order valence-electron chi connectivity index (χ4n) is 3.28. The van der Waals surface area contributed by atoms with Crippen LogP contribution in [0.4, 0.5) is 10.1 Å². The Balaban J connectivity index is 1.58. The van der Waals surface area contributed by atoms with Crippen LogP contribution in [0.2, 0.25) is 0 Å². The van der Waals surface area contributed by atoms with Crippen LogP contribution in [0.1, 0.15) is 11.5 Å². The first-order valence-electron chi connectivity index (χ1n) is 8.49. The molecule has 0 amide bonds. The van der Waals surface area contributed by atoms with Gasteiger partial charge in [-0.3, -0.25) is 4.79 Å². The van der Waals surface area contributed by atoms with Crippen molar-refractivity contribution in [2.75, 3.05) is 37.6 Å². The van der Waals surface area contributed by atoms with Crippen LogP contribution >= 0.6 is 0 Å². The van der Waals surface area contributed by atoms with E-state index in [4.69, 9.17) is 0 Å². The van der Waals surface area contributed by atoms with Gasteiger partial charge in [-0.25, -0.2) is 4.39 Å². The van der Waals surface area contributed by atoms with Crippen molar-refractivity contribution in [3.8, 4) is 6.07 Å². The van der Waals surface area contributed by atoms with Gasteiger partial charge in [-0.05, 0) is 17.7 Å². The SMILES string of the molecule is N#C[C@H](C(=O)C[NH+]1CCN(c2ccccc2F)CC1)c1ccccc1. The van der Waals surface area contributed by atoms with E-state index in [-0.39, 0.29) is 11.6 Å². The lowest BCUT2D eigenvalue weighted by Crippen LogP contribution is -3.15. The molecule has 0 bridgehead atoms. The second kappa shape index (κ2) is 7.91. The Labute approximate surface area is 147 Å². The lowest BCUT2D eigenvalue weighted by Gasteiger charge is -2.33. The van der Waals surface area contributed by atoms with Gasteiger partial charge in [0.1, 0.15) is 18.3 Å². The largest absolute Gasteiger partial charge is 0.358 e. The number of nitriles is 1. The predicted molar refractivity (Wildman–Crippen MR) is 94.0 cm³/mol. The standard InChI is InChI=1S/C20H20FN3O/c21-18-8-4-5-9-19(18)24-12-10-23(11-13-24)15-20(25)17(14-22)16-6-2-1-3-7-16/h1-9,17H,10-13,15H2/p+1/t17-/m0/s1. The Morgan fingerprint density at radius 3 is 2.40 bits per heavy atom. The average Bonchev–Trinajstić information content (AvgIpc) is 2.64. The summed E-state index contributed by atoms with van der Waals surface area (Å²) < 4.78 is 13.9. The normalized spacial score (nSPS) is 16.2. The Kier molecular flexibility index (Phi) is 5.42. The molecular formula is C20H21FN3O+. The number of Topliss-reactive ketones (excluding diaryl/α,β-unsaturated/α-hetero) is 1. The zero-order chi connectivity index (χ0) is 17.6. The Morgan fingerprint density at radius 2 is 1.76 bits per heavy atom. The number of ketones is 1. The third-order valence-electron chi connectivity index (χ3n) is 4.67. The molecule has 1 aliphatic heterocycles. The van der Waals surface area contributed by atoms with Crippen LogP contribution in [0.25, 0.3) is 0 Å². The second-order valence-corrected chi connectivity index (χ2v) is 6.30. The fourth-order valence-corrected chi connectivity index (χ4v) is 3.28. The van der Waals surface area contributed by atoms with Crippen molar-refractivity contribution >= 4 is 11.5 Å². The number of quaternary nitrogens is 1. The lowest BCUT2D eigenvalue weighted by atomic mass is 9.96. The summed E-state index contributed by atoms with van der Waals surface area (Å²) in [6, 6.07) is 18.1. The van der Waals surface area contributed by atoms with Gasteiger partial charge in [0.05, 0.1) is 37.9 Å². The van der Waals surface area contributed by atoms with E-state index in [0.717, 1.165) is 23.6 Å². The molecule has 0 aliphatic carbocycles. The van der Waals surface area contributed by atoms with Crippen molar-refractivity contribution < 1.29 is 14.1 Å². The second-order valence-electron chi connectivity index (χ2n) is 6.30. The van der Waals surface area contributed by atoms with Crippen molar-refractivity contribution in [3.63, 3.8) is 0 Å². The first-order valence-corrected chi connectivity index (χ1v) is 8.49. The van der Waals surface area contributed by atoms with Gasteiger partial charge >= 0.3 is 0 Å². The molecule has 2 aromatic carbocycles. The number of carbonyl (C=O) groups excluding carboxylic acids is 1. The van der Waals surface area contributed by atoms with Gasteiger partial charge in [-0.1, -0.05) is 42.5 Å². The summed E-state index contributed by atoms with van der Waals surface area (Å²) in [6.07, 6.45) is 0. The van der Waals surface area contributed by atoms with Crippen molar-refractivity contribution in [3.05, 3.63) is 66.0 Å². The van der Waals surface area contributed by atoms with E-state index in [1.165, 1.54) is 6.07 Å². The van der Waals surface area contributed by atoms with E-state index in [0.29, 0.717) is 25.3 Å². The number of nitrogens with one attached hydrogen (secondary N) is 1. The third-order valence-corrected chi connectivity index (χ3v) is 4.67. The molecule has 4 nitrogen and oxygen atoms in total. The van der Waals surface area contributed by atoms with Crippen LogP contribution in [0, 0.1) is 17.1 Å². The lowest BCUT2D eigenvalue weighted by molar-refractivity contribution is -0.892. The Hall–Kier alpha value is -2.71. The monoisotopic (exact) mass is 338 g/mol. The zero-order valence-electron chi connectivity index (χ0n) is 14.0. The first-order chi connectivity index (χ1) is 12.2. The van der Waals surface area contributed by atoms with E-state index >= 15 is 0 Å². The fraction of sp³-hybridized carbons (Fsp3) is 0.300. The minimum Gasteiger partial charge on any atom is -0.358 e. The Morgan fingerprint density at radius 1 is 1.12 bits per heavy atom. The van der Waals surface area contributed by atoms with Crippen LogP contribution in [-0.2, 0) is 4.79 Å². The summed E-state index contributed by atoms with van der Waals surface area (Å²) >= 11 is 0. The number of anilines is 1. The molecule has 25 heavy (non-hydrogen) atoms. The van der Waals surface area contributed by atoms with Gasteiger partial charge < -0.3 is 9.80 Å². The van der Waals surface area contributed by atoms with Crippen LogP contribution in [0.5, 0.6) is 0 Å². The van der Waals surface area contributed by atoms with Crippen molar-refractivity contribution in [1.29, 1.82) is 5.26 Å². The van der Waals surface area contributed by atoms with Gasteiger partial charge in [0.2, 0.25) is 5.78 Å². The summed E-state index contributed by atoms with van der Waals surface area (Å²) in [7, 11) is 0. The molecule has 1 heterocycles. The maximum Gasteiger partial charge on any atom is 0.208 e. The number of piperazine rings is 1. The third kappa shape index (κ3) is 4.04. The summed E-state index contributed by atoms with van der Waals surface area (Å²) in [5.41, 5.74) is 1.37. The number of hydrogen-bond acceptors (Lipinski definition) is 3. The molecule has 0 saturated carbocycles. The number of carbonyl (C=O) groups is 1. The van der Waals surface area contributed by atoms with Gasteiger partial charge in [0.25, 0.3) is 0 Å². The maximum atomic E-state index is 13.9. The van der Waals surface area contributed by atoms with Gasteiger partial charge in [0.15, 0.2) is 0 Å². The molecule has 0 radical (unpaired) electrons. The van der Waals surface area contributed by atoms with Crippen molar-refractivity contribution in [2.45, 2.75) is 5.92 Å². The van der Waals surface area contributed by atoms with Crippen LogP contribution < -0.4 is 9.80 Å². The van der Waals surface area contributed by atoms with Gasteiger partial charge in [-0.15, -0.1) is 0 Å². The van der Waals surface area contributed by atoms with Crippen LogP contribution in [-0.4, -0.2) is 38.5 Å². The summed E-state index contributed by atoms with van der Waals surface area (Å²) in [4.78, 5) is 15.7. The number of rotatable bonds is 5. The highest BCUT2D eigenvalue weighted by molar-refractivity contribution is 5.89. The zero-order valence-corrected chi connectivity index (χ0v) is 14.0. The number of para-hydroxylation sites is 1. The van der Waals surface area contributed by atoms with Crippen LogP contribution in [0.3, 0.4) is 0 Å². The molecule has 0 aromatic heterocycles. The minimum absolute atomic E-state index is 0.0527. The molecule has 2 aromatic rings. The highest BCUT2D eigenvalue weighted by Crippen LogP contribution is 2.18. The highest BCUT2D eigenvalue weighted by atomic mass is 19.1. The first kappa shape index (κ1) is 17.1. The van der Waals surface area contributed by atoms with E-state index in [1.54, 1.807) is 12.1 Å². The number of benzene rings is 2. The molecule has 1 aliphatic rings. The molecule has 1 atom stereocenters. The highest BCUT2D eigenvalue weighted by Gasteiger charge is 2.28. The van der Waals surface area contributed by atoms with E-state index in [2.05, 4.69) is 6.07 Å². The molecule has 0 spiro atoms. The van der Waals surface area contributed by atoms with E-state index in [1.807, 2.05) is 41.3 Å². The maximum absolute atomic E-state index is 13.9. The summed E-state index contributed by atoms with van der Waals surface area (Å²) in [5, 5.41) is 9.37. The van der Waals surface area contributed by atoms with Crippen molar-refractivity contribution in [1.82, 2.24) is 0 Å².